The van der Waals surface area contributed by atoms with Gasteiger partial charge in [0.15, 0.2) is 0 Å². The molecule has 1 N–H and O–H groups in total. The zero-order chi connectivity index (χ0) is 20.8. The Bertz CT molecular complexity index is 970. The predicted octanol–water partition coefficient (Wildman–Crippen LogP) is 3.54. The van der Waals surface area contributed by atoms with E-state index in [-0.39, 0.29) is 24.3 Å². The summed E-state index contributed by atoms with van der Waals surface area (Å²) in [4.78, 5) is 26.4. The fourth-order valence-electron chi connectivity index (χ4n) is 2.98. The van der Waals surface area contributed by atoms with Crippen LogP contribution in [0.4, 0.5) is 10.1 Å². The number of hydrogen-bond donors (Lipinski definition) is 1. The van der Waals surface area contributed by atoms with Crippen LogP contribution in [0.3, 0.4) is 0 Å². The van der Waals surface area contributed by atoms with E-state index in [0.717, 1.165) is 0 Å². The number of anilines is 1. The van der Waals surface area contributed by atoms with Crippen LogP contribution >= 0.6 is 0 Å². The lowest BCUT2D eigenvalue weighted by Crippen LogP contribution is -2.33. The highest BCUT2D eigenvalue weighted by Crippen LogP contribution is 2.16. The molecule has 0 bridgehead atoms. The quantitative estimate of drug-likeness (QED) is 0.667. The van der Waals surface area contributed by atoms with E-state index in [1.54, 1.807) is 18.1 Å². The SMILES string of the molecule is C[C@H](CN(C)C(=O)Cn1cc(NC(=O)c2ccc(F)cc2)cn1)c1ccccc1. The van der Waals surface area contributed by atoms with Crippen molar-refractivity contribution in [1.82, 2.24) is 14.7 Å². The molecule has 1 aromatic heterocycles. The highest BCUT2D eigenvalue weighted by atomic mass is 19.1. The van der Waals surface area contributed by atoms with Crippen molar-refractivity contribution in [2.45, 2.75) is 19.4 Å². The molecule has 0 aliphatic heterocycles. The van der Waals surface area contributed by atoms with Gasteiger partial charge in [0.05, 0.1) is 11.9 Å². The molecule has 2 amide bonds. The van der Waals surface area contributed by atoms with E-state index < -0.39 is 5.82 Å². The van der Waals surface area contributed by atoms with Crippen LogP contribution in [0.15, 0.2) is 67.0 Å². The minimum absolute atomic E-state index is 0.0738. The first-order valence-electron chi connectivity index (χ1n) is 9.30. The van der Waals surface area contributed by atoms with Gasteiger partial charge >= 0.3 is 0 Å². The molecule has 0 saturated carbocycles. The molecule has 2 aromatic carbocycles. The van der Waals surface area contributed by atoms with E-state index in [0.29, 0.717) is 17.8 Å². The number of benzene rings is 2. The van der Waals surface area contributed by atoms with Crippen molar-refractivity contribution in [3.05, 3.63) is 83.9 Å². The Morgan fingerprint density at radius 3 is 2.52 bits per heavy atom. The molecule has 7 heteroatoms. The minimum atomic E-state index is -0.404. The summed E-state index contributed by atoms with van der Waals surface area (Å²) in [5, 5.41) is 6.82. The molecular formula is C22H23FN4O2. The molecule has 150 valence electrons. The first kappa shape index (κ1) is 20.3. The maximum absolute atomic E-state index is 13.0. The number of carbonyl (C=O) groups excluding carboxylic acids is 2. The molecule has 1 heterocycles. The third-order valence-corrected chi connectivity index (χ3v) is 4.64. The number of amides is 2. The number of rotatable bonds is 7. The topological polar surface area (TPSA) is 67.2 Å². The number of aromatic nitrogens is 2. The summed E-state index contributed by atoms with van der Waals surface area (Å²) in [6.07, 6.45) is 3.06. The first-order chi connectivity index (χ1) is 13.9. The van der Waals surface area contributed by atoms with E-state index in [1.807, 2.05) is 30.3 Å². The molecule has 0 aliphatic rings. The lowest BCUT2D eigenvalue weighted by molar-refractivity contribution is -0.130. The second-order valence-corrected chi connectivity index (χ2v) is 6.97. The van der Waals surface area contributed by atoms with E-state index in [1.165, 1.54) is 40.7 Å². The van der Waals surface area contributed by atoms with Crippen LogP contribution in [-0.2, 0) is 11.3 Å². The number of carbonyl (C=O) groups is 2. The molecule has 0 saturated heterocycles. The van der Waals surface area contributed by atoms with E-state index in [9.17, 15) is 14.0 Å². The van der Waals surface area contributed by atoms with Gasteiger partial charge in [0, 0.05) is 25.4 Å². The number of halogens is 1. The van der Waals surface area contributed by atoms with Gasteiger partial charge in [-0.15, -0.1) is 0 Å². The summed E-state index contributed by atoms with van der Waals surface area (Å²) in [6, 6.07) is 15.3. The fourth-order valence-corrected chi connectivity index (χ4v) is 2.98. The van der Waals surface area contributed by atoms with Crippen molar-refractivity contribution in [2.75, 3.05) is 18.9 Å². The van der Waals surface area contributed by atoms with Crippen LogP contribution < -0.4 is 5.32 Å². The minimum Gasteiger partial charge on any atom is -0.344 e. The Hall–Kier alpha value is -3.48. The van der Waals surface area contributed by atoms with Crippen molar-refractivity contribution in [1.29, 1.82) is 0 Å². The van der Waals surface area contributed by atoms with Gasteiger partial charge < -0.3 is 10.2 Å². The van der Waals surface area contributed by atoms with E-state index in [2.05, 4.69) is 17.3 Å². The molecule has 29 heavy (non-hydrogen) atoms. The molecule has 0 spiro atoms. The zero-order valence-electron chi connectivity index (χ0n) is 16.4. The molecule has 0 radical (unpaired) electrons. The van der Waals surface area contributed by atoms with Crippen molar-refractivity contribution in [3.63, 3.8) is 0 Å². The third kappa shape index (κ3) is 5.51. The summed E-state index contributed by atoms with van der Waals surface area (Å²) in [5.41, 5.74) is 1.98. The molecule has 0 aliphatic carbocycles. The maximum Gasteiger partial charge on any atom is 0.255 e. The Balaban J connectivity index is 1.54. The average Bonchev–Trinajstić information content (AvgIpc) is 3.15. The molecule has 3 rings (SSSR count). The van der Waals surface area contributed by atoms with Gasteiger partial charge in [0.2, 0.25) is 5.91 Å². The van der Waals surface area contributed by atoms with Crippen molar-refractivity contribution in [2.24, 2.45) is 0 Å². The van der Waals surface area contributed by atoms with Gasteiger partial charge in [-0.1, -0.05) is 37.3 Å². The van der Waals surface area contributed by atoms with Crippen molar-refractivity contribution < 1.29 is 14.0 Å². The summed E-state index contributed by atoms with van der Waals surface area (Å²) in [5.74, 6) is -0.635. The van der Waals surface area contributed by atoms with E-state index >= 15 is 0 Å². The van der Waals surface area contributed by atoms with E-state index in [4.69, 9.17) is 0 Å². The second-order valence-electron chi connectivity index (χ2n) is 6.97. The Labute approximate surface area is 169 Å². The number of hydrogen-bond acceptors (Lipinski definition) is 3. The van der Waals surface area contributed by atoms with Crippen molar-refractivity contribution >= 4 is 17.5 Å². The maximum atomic E-state index is 13.0. The Morgan fingerprint density at radius 2 is 1.83 bits per heavy atom. The predicted molar refractivity (Wildman–Crippen MR) is 109 cm³/mol. The molecule has 6 nitrogen and oxygen atoms in total. The normalized spacial score (nSPS) is 11.7. The molecule has 0 unspecified atom stereocenters. The first-order valence-corrected chi connectivity index (χ1v) is 9.30. The second kappa shape index (κ2) is 9.14. The monoisotopic (exact) mass is 394 g/mol. The van der Waals surface area contributed by atoms with Crippen LogP contribution in [0, 0.1) is 5.82 Å². The summed E-state index contributed by atoms with van der Waals surface area (Å²) in [7, 11) is 1.77. The Morgan fingerprint density at radius 1 is 1.14 bits per heavy atom. The number of likely N-dealkylation sites (N-methyl/N-ethyl adjacent to an activating group) is 1. The van der Waals surface area contributed by atoms with Gasteiger partial charge in [0.25, 0.3) is 5.91 Å². The highest BCUT2D eigenvalue weighted by molar-refractivity contribution is 6.04. The summed E-state index contributed by atoms with van der Waals surface area (Å²) in [6.45, 7) is 2.75. The van der Waals surface area contributed by atoms with Crippen LogP contribution in [0.5, 0.6) is 0 Å². The van der Waals surface area contributed by atoms with Crippen molar-refractivity contribution in [3.8, 4) is 0 Å². The van der Waals surface area contributed by atoms with Crippen LogP contribution in [0.1, 0.15) is 28.8 Å². The smallest absolute Gasteiger partial charge is 0.255 e. The summed E-state index contributed by atoms with van der Waals surface area (Å²) < 4.78 is 14.4. The lowest BCUT2D eigenvalue weighted by Gasteiger charge is -2.22. The van der Waals surface area contributed by atoms with Crippen LogP contribution in [0.25, 0.3) is 0 Å². The Kier molecular flexibility index (Phi) is 6.39. The lowest BCUT2D eigenvalue weighted by atomic mass is 10.0. The largest absolute Gasteiger partial charge is 0.344 e. The van der Waals surface area contributed by atoms with Gasteiger partial charge in [-0.3, -0.25) is 14.3 Å². The average molecular weight is 394 g/mol. The molecule has 1 atom stereocenters. The fraction of sp³-hybridized carbons (Fsp3) is 0.227. The molecule has 3 aromatic rings. The standard InChI is InChI=1S/C22H23FN4O2/c1-16(17-6-4-3-5-7-17)13-26(2)21(28)15-27-14-20(12-24-27)25-22(29)18-8-10-19(23)11-9-18/h3-12,14,16H,13,15H2,1-2H3,(H,25,29)/t16-/m1/s1. The molecular weight excluding hydrogens is 371 g/mol. The van der Waals surface area contributed by atoms with Gasteiger partial charge in [0.1, 0.15) is 12.4 Å². The molecule has 0 fully saturated rings. The van der Waals surface area contributed by atoms with Crippen LogP contribution in [0.2, 0.25) is 0 Å². The van der Waals surface area contributed by atoms with Gasteiger partial charge in [-0.2, -0.15) is 5.10 Å². The zero-order valence-corrected chi connectivity index (χ0v) is 16.4. The highest BCUT2D eigenvalue weighted by Gasteiger charge is 2.15. The third-order valence-electron chi connectivity index (χ3n) is 4.64. The van der Waals surface area contributed by atoms with Gasteiger partial charge in [-0.05, 0) is 35.7 Å². The van der Waals surface area contributed by atoms with Crippen LogP contribution in [-0.4, -0.2) is 40.1 Å². The summed E-state index contributed by atoms with van der Waals surface area (Å²) >= 11 is 0. The van der Waals surface area contributed by atoms with Gasteiger partial charge in [-0.25, -0.2) is 4.39 Å². The number of nitrogens with zero attached hydrogens (tertiary/aromatic N) is 3. The number of nitrogens with one attached hydrogen (secondary N) is 1.